The molecule has 2 heteroatoms. The van der Waals surface area contributed by atoms with Crippen molar-refractivity contribution in [2.24, 2.45) is 11.8 Å². The molecule has 0 radical (unpaired) electrons. The Labute approximate surface area is 108 Å². The van der Waals surface area contributed by atoms with E-state index in [1.807, 2.05) is 0 Å². The monoisotopic (exact) mass is 240 g/mol. The number of nitrogens with zero attached hydrogens (tertiary/aromatic N) is 1. The van der Waals surface area contributed by atoms with E-state index < -0.39 is 0 Å². The maximum Gasteiger partial charge on any atom is 0.0246 e. The second-order valence-electron chi connectivity index (χ2n) is 7.33. The van der Waals surface area contributed by atoms with Crippen molar-refractivity contribution in [1.82, 2.24) is 10.2 Å². The van der Waals surface area contributed by atoms with E-state index in [1.165, 1.54) is 13.0 Å². The van der Waals surface area contributed by atoms with Gasteiger partial charge in [-0.05, 0) is 46.0 Å². The summed E-state index contributed by atoms with van der Waals surface area (Å²) in [5.41, 5.74) is 0.224. The van der Waals surface area contributed by atoms with Gasteiger partial charge in [-0.1, -0.05) is 20.8 Å². The summed E-state index contributed by atoms with van der Waals surface area (Å²) in [6.07, 6.45) is 1.36. The minimum atomic E-state index is 0.224. The quantitative estimate of drug-likeness (QED) is 0.812. The summed E-state index contributed by atoms with van der Waals surface area (Å²) in [7, 11) is 0. The Morgan fingerprint density at radius 1 is 1.24 bits per heavy atom. The highest BCUT2D eigenvalue weighted by Crippen LogP contribution is 2.27. The molecule has 1 rings (SSSR count). The van der Waals surface area contributed by atoms with Crippen molar-refractivity contribution >= 4 is 0 Å². The topological polar surface area (TPSA) is 15.3 Å². The van der Waals surface area contributed by atoms with Crippen LogP contribution in [0.15, 0.2) is 0 Å². The van der Waals surface area contributed by atoms with Gasteiger partial charge >= 0.3 is 0 Å². The molecule has 0 aromatic rings. The van der Waals surface area contributed by atoms with Crippen LogP contribution in [0.3, 0.4) is 0 Å². The van der Waals surface area contributed by atoms with Gasteiger partial charge in [-0.25, -0.2) is 0 Å². The second-order valence-corrected chi connectivity index (χ2v) is 7.33. The Kier molecular flexibility index (Phi) is 5.03. The van der Waals surface area contributed by atoms with Crippen LogP contribution in [-0.4, -0.2) is 35.6 Å². The van der Waals surface area contributed by atoms with Crippen LogP contribution in [-0.2, 0) is 0 Å². The molecule has 17 heavy (non-hydrogen) atoms. The molecule has 0 saturated carbocycles. The molecule has 0 aromatic carbocycles. The lowest BCUT2D eigenvalue weighted by molar-refractivity contribution is 0.135. The van der Waals surface area contributed by atoms with Crippen molar-refractivity contribution < 1.29 is 0 Å². The Hall–Kier alpha value is -0.0800. The first-order valence-electron chi connectivity index (χ1n) is 7.21. The molecule has 102 valence electrons. The average molecular weight is 240 g/mol. The predicted octanol–water partition coefficient (Wildman–Crippen LogP) is 3.13. The predicted molar refractivity (Wildman–Crippen MR) is 76.3 cm³/mol. The largest absolute Gasteiger partial charge is 0.311 e. The number of nitrogens with one attached hydrogen (secondary N) is 1. The molecule has 1 aliphatic rings. The average Bonchev–Trinajstić information content (AvgIpc) is 2.43. The van der Waals surface area contributed by atoms with Crippen molar-refractivity contribution in [2.75, 3.05) is 13.1 Å². The van der Waals surface area contributed by atoms with Gasteiger partial charge in [-0.15, -0.1) is 0 Å². The molecule has 0 aliphatic carbocycles. The highest BCUT2D eigenvalue weighted by molar-refractivity contribution is 4.89. The standard InChI is InChI=1S/C15H32N2/c1-11(2)14(9-16-15(5,6)7)17-10-12(3)8-13(17)4/h11-14,16H,8-10H2,1-7H3. The minimum Gasteiger partial charge on any atom is -0.311 e. The van der Waals surface area contributed by atoms with E-state index in [4.69, 9.17) is 0 Å². The molecule has 3 atom stereocenters. The summed E-state index contributed by atoms with van der Waals surface area (Å²) in [5.74, 6) is 1.58. The van der Waals surface area contributed by atoms with E-state index in [0.717, 1.165) is 24.4 Å². The van der Waals surface area contributed by atoms with E-state index in [2.05, 4.69) is 58.7 Å². The van der Waals surface area contributed by atoms with Crippen molar-refractivity contribution in [1.29, 1.82) is 0 Å². The van der Waals surface area contributed by atoms with Crippen LogP contribution in [0, 0.1) is 11.8 Å². The molecule has 1 saturated heterocycles. The van der Waals surface area contributed by atoms with Crippen LogP contribution in [0.1, 0.15) is 54.9 Å². The van der Waals surface area contributed by atoms with Gasteiger partial charge in [0.05, 0.1) is 0 Å². The van der Waals surface area contributed by atoms with Gasteiger partial charge < -0.3 is 5.32 Å². The van der Waals surface area contributed by atoms with Crippen molar-refractivity contribution in [3.63, 3.8) is 0 Å². The first-order chi connectivity index (χ1) is 7.70. The first kappa shape index (κ1) is 15.0. The third-order valence-electron chi connectivity index (χ3n) is 3.87. The van der Waals surface area contributed by atoms with E-state index >= 15 is 0 Å². The molecular formula is C15H32N2. The van der Waals surface area contributed by atoms with E-state index in [0.29, 0.717) is 6.04 Å². The van der Waals surface area contributed by atoms with Crippen LogP contribution in [0.4, 0.5) is 0 Å². The third-order valence-corrected chi connectivity index (χ3v) is 3.87. The lowest BCUT2D eigenvalue weighted by atomic mass is 10.00. The molecular weight excluding hydrogens is 208 g/mol. The van der Waals surface area contributed by atoms with Crippen LogP contribution < -0.4 is 5.32 Å². The SMILES string of the molecule is CC1CC(C)N(C(CNC(C)(C)C)C(C)C)C1. The molecule has 1 N–H and O–H groups in total. The van der Waals surface area contributed by atoms with Crippen molar-refractivity contribution in [2.45, 2.75) is 72.5 Å². The van der Waals surface area contributed by atoms with Crippen LogP contribution in [0.25, 0.3) is 0 Å². The van der Waals surface area contributed by atoms with Crippen LogP contribution in [0.5, 0.6) is 0 Å². The summed E-state index contributed by atoms with van der Waals surface area (Å²) in [5, 5.41) is 3.67. The Morgan fingerprint density at radius 2 is 1.82 bits per heavy atom. The minimum absolute atomic E-state index is 0.224. The maximum absolute atomic E-state index is 3.67. The molecule has 1 fully saturated rings. The van der Waals surface area contributed by atoms with E-state index in [1.54, 1.807) is 0 Å². The summed E-state index contributed by atoms with van der Waals surface area (Å²) < 4.78 is 0. The van der Waals surface area contributed by atoms with Crippen LogP contribution in [0.2, 0.25) is 0 Å². The molecule has 0 aromatic heterocycles. The lowest BCUT2D eigenvalue weighted by Gasteiger charge is -2.36. The zero-order valence-electron chi connectivity index (χ0n) is 12.9. The summed E-state index contributed by atoms with van der Waals surface area (Å²) in [6, 6.07) is 1.42. The lowest BCUT2D eigenvalue weighted by Crippen LogP contribution is -2.51. The fourth-order valence-electron chi connectivity index (χ4n) is 2.94. The first-order valence-corrected chi connectivity index (χ1v) is 7.21. The van der Waals surface area contributed by atoms with Gasteiger partial charge in [-0.2, -0.15) is 0 Å². The van der Waals surface area contributed by atoms with E-state index in [9.17, 15) is 0 Å². The molecule has 2 nitrogen and oxygen atoms in total. The Balaban J connectivity index is 2.60. The zero-order chi connectivity index (χ0) is 13.2. The number of rotatable bonds is 4. The molecule has 0 spiro atoms. The summed E-state index contributed by atoms with van der Waals surface area (Å²) in [6.45, 7) is 18.6. The number of hydrogen-bond acceptors (Lipinski definition) is 2. The number of hydrogen-bond donors (Lipinski definition) is 1. The van der Waals surface area contributed by atoms with Gasteiger partial charge in [0.25, 0.3) is 0 Å². The van der Waals surface area contributed by atoms with Crippen molar-refractivity contribution in [3.8, 4) is 0 Å². The smallest absolute Gasteiger partial charge is 0.0246 e. The molecule has 3 unspecified atom stereocenters. The van der Waals surface area contributed by atoms with Gasteiger partial charge in [0.15, 0.2) is 0 Å². The fourth-order valence-corrected chi connectivity index (χ4v) is 2.94. The second kappa shape index (κ2) is 5.71. The summed E-state index contributed by atoms with van der Waals surface area (Å²) in [4.78, 5) is 2.72. The normalized spacial score (nSPS) is 28.9. The molecule has 0 amide bonds. The third kappa shape index (κ3) is 4.59. The zero-order valence-corrected chi connectivity index (χ0v) is 12.9. The highest BCUT2D eigenvalue weighted by atomic mass is 15.2. The molecule has 1 aliphatic heterocycles. The van der Waals surface area contributed by atoms with Gasteiger partial charge in [0, 0.05) is 30.7 Å². The highest BCUT2D eigenvalue weighted by Gasteiger charge is 2.33. The van der Waals surface area contributed by atoms with E-state index in [-0.39, 0.29) is 5.54 Å². The maximum atomic E-state index is 3.67. The Morgan fingerprint density at radius 3 is 2.18 bits per heavy atom. The molecule has 1 heterocycles. The Bertz CT molecular complexity index is 230. The van der Waals surface area contributed by atoms with Crippen molar-refractivity contribution in [3.05, 3.63) is 0 Å². The fraction of sp³-hybridized carbons (Fsp3) is 1.00. The molecule has 0 bridgehead atoms. The summed E-state index contributed by atoms with van der Waals surface area (Å²) >= 11 is 0. The van der Waals surface area contributed by atoms with Gasteiger partial charge in [-0.3, -0.25) is 4.90 Å². The number of likely N-dealkylation sites (tertiary alicyclic amines) is 1. The van der Waals surface area contributed by atoms with Gasteiger partial charge in [0.1, 0.15) is 0 Å². The van der Waals surface area contributed by atoms with Gasteiger partial charge in [0.2, 0.25) is 0 Å². The van der Waals surface area contributed by atoms with Crippen LogP contribution >= 0.6 is 0 Å².